The standard InChI is InChI=1S/C23H26N4O6S/c1-2-27-19-5-4-17(34(29,30)26-9-11-31-12-10-26)14-18(19)25-22(27)7-8-23(28)24-16-3-6-20-21(13-16)33-15-32-20/h3-6,13-14H,2,7-12,15H2,1H3,(H,24,28). The Morgan fingerprint density at radius 3 is 2.68 bits per heavy atom. The van der Waals surface area contributed by atoms with Crippen LogP contribution in [0.3, 0.4) is 0 Å². The largest absolute Gasteiger partial charge is 0.454 e. The van der Waals surface area contributed by atoms with E-state index in [0.29, 0.717) is 62.0 Å². The Morgan fingerprint density at radius 1 is 1.09 bits per heavy atom. The highest BCUT2D eigenvalue weighted by atomic mass is 32.2. The number of nitrogens with zero attached hydrogens (tertiary/aromatic N) is 3. The Bertz CT molecular complexity index is 1330. The third kappa shape index (κ3) is 4.33. The van der Waals surface area contributed by atoms with Gasteiger partial charge in [0, 0.05) is 44.2 Å². The summed E-state index contributed by atoms with van der Waals surface area (Å²) >= 11 is 0. The van der Waals surface area contributed by atoms with Crippen molar-refractivity contribution in [3.05, 3.63) is 42.2 Å². The predicted octanol–water partition coefficient (Wildman–Crippen LogP) is 2.38. The van der Waals surface area contributed by atoms with Gasteiger partial charge in [0.25, 0.3) is 0 Å². The van der Waals surface area contributed by atoms with Crippen LogP contribution < -0.4 is 14.8 Å². The van der Waals surface area contributed by atoms with Crippen LogP contribution >= 0.6 is 0 Å². The number of amides is 1. The van der Waals surface area contributed by atoms with E-state index >= 15 is 0 Å². The minimum absolute atomic E-state index is 0.149. The average molecular weight is 487 g/mol. The maximum atomic E-state index is 13.0. The van der Waals surface area contributed by atoms with Crippen LogP contribution in [0.5, 0.6) is 11.5 Å². The fraction of sp³-hybridized carbons (Fsp3) is 0.391. The first-order valence-corrected chi connectivity index (χ1v) is 12.7. The number of benzene rings is 2. The minimum Gasteiger partial charge on any atom is -0.454 e. The van der Waals surface area contributed by atoms with Gasteiger partial charge in [-0.2, -0.15) is 4.31 Å². The third-order valence-electron chi connectivity index (χ3n) is 5.95. The molecule has 10 nitrogen and oxygen atoms in total. The number of ether oxygens (including phenoxy) is 3. The van der Waals surface area contributed by atoms with Gasteiger partial charge in [0.15, 0.2) is 11.5 Å². The number of rotatable bonds is 7. The molecule has 0 saturated carbocycles. The van der Waals surface area contributed by atoms with E-state index in [9.17, 15) is 13.2 Å². The highest BCUT2D eigenvalue weighted by Crippen LogP contribution is 2.34. The molecule has 180 valence electrons. The predicted molar refractivity (Wildman–Crippen MR) is 125 cm³/mol. The summed E-state index contributed by atoms with van der Waals surface area (Å²) in [5.41, 5.74) is 2.08. The van der Waals surface area contributed by atoms with Gasteiger partial charge in [-0.25, -0.2) is 13.4 Å². The maximum Gasteiger partial charge on any atom is 0.243 e. The third-order valence-corrected chi connectivity index (χ3v) is 7.85. The van der Waals surface area contributed by atoms with E-state index in [1.807, 2.05) is 11.5 Å². The summed E-state index contributed by atoms with van der Waals surface area (Å²) in [5.74, 6) is 1.85. The lowest BCUT2D eigenvalue weighted by Gasteiger charge is -2.26. The van der Waals surface area contributed by atoms with Crippen LogP contribution in [0.1, 0.15) is 19.2 Å². The van der Waals surface area contributed by atoms with Crippen molar-refractivity contribution in [2.45, 2.75) is 31.2 Å². The molecule has 0 spiro atoms. The van der Waals surface area contributed by atoms with Crippen molar-refractivity contribution in [1.82, 2.24) is 13.9 Å². The molecule has 1 fully saturated rings. The number of hydrogen-bond acceptors (Lipinski definition) is 7. The molecule has 5 rings (SSSR count). The molecular formula is C23H26N4O6S. The maximum absolute atomic E-state index is 13.0. The fourth-order valence-corrected chi connectivity index (χ4v) is 5.65. The molecule has 2 aliphatic heterocycles. The van der Waals surface area contributed by atoms with Crippen molar-refractivity contribution >= 4 is 32.7 Å². The molecule has 0 unspecified atom stereocenters. The Balaban J connectivity index is 1.31. The molecule has 3 aromatic rings. The second-order valence-electron chi connectivity index (χ2n) is 8.06. The highest BCUT2D eigenvalue weighted by molar-refractivity contribution is 7.89. The van der Waals surface area contributed by atoms with Gasteiger partial charge in [0.1, 0.15) is 5.82 Å². The van der Waals surface area contributed by atoms with Gasteiger partial charge in [-0.15, -0.1) is 0 Å². The second-order valence-corrected chi connectivity index (χ2v) is 9.99. The number of imidazole rings is 1. The molecule has 1 N–H and O–H groups in total. The summed E-state index contributed by atoms with van der Waals surface area (Å²) in [7, 11) is -3.61. The molecule has 2 aliphatic rings. The molecule has 34 heavy (non-hydrogen) atoms. The zero-order valence-electron chi connectivity index (χ0n) is 18.8. The quantitative estimate of drug-likeness (QED) is 0.546. The van der Waals surface area contributed by atoms with Gasteiger partial charge in [0.05, 0.1) is 29.1 Å². The molecule has 0 aliphatic carbocycles. The first-order valence-electron chi connectivity index (χ1n) is 11.2. The van der Waals surface area contributed by atoms with Crippen LogP contribution in [-0.2, 0) is 32.5 Å². The van der Waals surface area contributed by atoms with Crippen LogP contribution in [0.2, 0.25) is 0 Å². The minimum atomic E-state index is -3.61. The smallest absolute Gasteiger partial charge is 0.243 e. The zero-order chi connectivity index (χ0) is 23.7. The number of fused-ring (bicyclic) bond motifs is 2. The number of hydrogen-bond donors (Lipinski definition) is 1. The van der Waals surface area contributed by atoms with E-state index in [4.69, 9.17) is 14.2 Å². The lowest BCUT2D eigenvalue weighted by atomic mass is 10.2. The lowest BCUT2D eigenvalue weighted by Crippen LogP contribution is -2.40. The number of aryl methyl sites for hydroxylation is 2. The van der Waals surface area contributed by atoms with E-state index in [1.165, 1.54) is 4.31 Å². The summed E-state index contributed by atoms with van der Waals surface area (Å²) in [5, 5.41) is 2.87. The Kier molecular flexibility index (Phi) is 6.15. The van der Waals surface area contributed by atoms with E-state index < -0.39 is 10.0 Å². The van der Waals surface area contributed by atoms with Crippen LogP contribution in [0.4, 0.5) is 5.69 Å². The number of nitrogens with one attached hydrogen (secondary N) is 1. The molecular weight excluding hydrogens is 460 g/mol. The topological polar surface area (TPSA) is 112 Å². The molecule has 1 saturated heterocycles. The van der Waals surface area contributed by atoms with Gasteiger partial charge in [-0.05, 0) is 37.3 Å². The SMILES string of the molecule is CCn1c(CCC(=O)Nc2ccc3c(c2)OCO3)nc2cc(S(=O)(=O)N3CCOCC3)ccc21. The van der Waals surface area contributed by atoms with Crippen molar-refractivity contribution in [3.63, 3.8) is 0 Å². The Morgan fingerprint density at radius 2 is 1.88 bits per heavy atom. The van der Waals surface area contributed by atoms with Crippen molar-refractivity contribution in [1.29, 1.82) is 0 Å². The number of sulfonamides is 1. The monoisotopic (exact) mass is 486 g/mol. The molecule has 1 amide bonds. The van der Waals surface area contributed by atoms with Crippen LogP contribution in [0, 0.1) is 0 Å². The summed E-state index contributed by atoms with van der Waals surface area (Å²) in [6.07, 6.45) is 0.654. The number of carbonyl (C=O) groups is 1. The van der Waals surface area contributed by atoms with Crippen molar-refractivity contribution < 1.29 is 27.4 Å². The van der Waals surface area contributed by atoms with E-state index in [-0.39, 0.29) is 24.0 Å². The summed E-state index contributed by atoms with van der Waals surface area (Å²) in [4.78, 5) is 17.4. The first-order chi connectivity index (χ1) is 16.5. The summed E-state index contributed by atoms with van der Waals surface area (Å²) in [6.45, 7) is 4.30. The lowest BCUT2D eigenvalue weighted by molar-refractivity contribution is -0.116. The molecule has 0 atom stereocenters. The second kappa shape index (κ2) is 9.24. The molecule has 2 aromatic carbocycles. The molecule has 0 radical (unpaired) electrons. The number of aromatic nitrogens is 2. The summed E-state index contributed by atoms with van der Waals surface area (Å²) < 4.78 is 45.4. The molecule has 3 heterocycles. The number of anilines is 1. The highest BCUT2D eigenvalue weighted by Gasteiger charge is 2.27. The molecule has 11 heteroatoms. The fourth-order valence-electron chi connectivity index (χ4n) is 4.22. The zero-order valence-corrected chi connectivity index (χ0v) is 19.6. The van der Waals surface area contributed by atoms with Gasteiger partial charge in [-0.1, -0.05) is 0 Å². The van der Waals surface area contributed by atoms with Gasteiger partial charge in [-0.3, -0.25) is 4.79 Å². The number of morpholine rings is 1. The average Bonchev–Trinajstić information content (AvgIpc) is 3.46. The van der Waals surface area contributed by atoms with E-state index in [1.54, 1.807) is 36.4 Å². The van der Waals surface area contributed by atoms with E-state index in [0.717, 1.165) is 11.3 Å². The van der Waals surface area contributed by atoms with Crippen molar-refractivity contribution in [3.8, 4) is 11.5 Å². The van der Waals surface area contributed by atoms with Gasteiger partial charge in [0.2, 0.25) is 22.7 Å². The first kappa shape index (κ1) is 22.6. The number of carbonyl (C=O) groups excluding carboxylic acids is 1. The van der Waals surface area contributed by atoms with Crippen molar-refractivity contribution in [2.24, 2.45) is 0 Å². The van der Waals surface area contributed by atoms with Crippen LogP contribution in [0.25, 0.3) is 11.0 Å². The molecule has 0 bridgehead atoms. The normalized spacial score (nSPS) is 16.1. The molecule has 1 aromatic heterocycles. The van der Waals surface area contributed by atoms with Gasteiger partial charge >= 0.3 is 0 Å². The Hall–Kier alpha value is -3.15. The Labute approximate surface area is 197 Å². The van der Waals surface area contributed by atoms with E-state index in [2.05, 4.69) is 10.3 Å². The van der Waals surface area contributed by atoms with Crippen LogP contribution in [0.15, 0.2) is 41.3 Å². The van der Waals surface area contributed by atoms with Crippen LogP contribution in [-0.4, -0.2) is 61.3 Å². The van der Waals surface area contributed by atoms with Crippen molar-refractivity contribution in [2.75, 3.05) is 38.4 Å². The summed E-state index contributed by atoms with van der Waals surface area (Å²) in [6, 6.07) is 10.3. The van der Waals surface area contributed by atoms with Gasteiger partial charge < -0.3 is 24.1 Å².